The summed E-state index contributed by atoms with van der Waals surface area (Å²) < 4.78 is 13.7. The Labute approximate surface area is 194 Å². The van der Waals surface area contributed by atoms with E-state index in [1.54, 1.807) is 12.4 Å². The molecule has 1 aliphatic heterocycles. The van der Waals surface area contributed by atoms with Crippen LogP contribution >= 0.6 is 11.3 Å². The summed E-state index contributed by atoms with van der Waals surface area (Å²) >= 11 is 1.33. The van der Waals surface area contributed by atoms with E-state index in [0.29, 0.717) is 10.6 Å². The average Bonchev–Trinajstić information content (AvgIpc) is 3.19. The predicted octanol–water partition coefficient (Wildman–Crippen LogP) is 4.42. The van der Waals surface area contributed by atoms with Gasteiger partial charge in [0.15, 0.2) is 0 Å². The van der Waals surface area contributed by atoms with Gasteiger partial charge < -0.3 is 15.1 Å². The van der Waals surface area contributed by atoms with E-state index in [4.69, 9.17) is 0 Å². The number of hydrogen-bond acceptors (Lipinski definition) is 7. The second-order valence-corrected chi connectivity index (χ2v) is 9.01. The van der Waals surface area contributed by atoms with Crippen LogP contribution in [0, 0.1) is 19.7 Å². The minimum absolute atomic E-state index is 0.268. The molecule has 33 heavy (non-hydrogen) atoms. The third-order valence-electron chi connectivity index (χ3n) is 5.91. The quantitative estimate of drug-likeness (QED) is 0.484. The van der Waals surface area contributed by atoms with Crippen molar-refractivity contribution < 1.29 is 9.18 Å². The largest absolute Gasteiger partial charge is 0.353 e. The number of nitrogens with one attached hydrogen (secondary N) is 1. The highest BCUT2D eigenvalue weighted by Crippen LogP contribution is 2.36. The fraction of sp³-hybridized carbons (Fsp3) is 0.250. The van der Waals surface area contributed by atoms with Crippen LogP contribution in [0.1, 0.15) is 20.8 Å². The van der Waals surface area contributed by atoms with Gasteiger partial charge in [0.2, 0.25) is 0 Å². The Morgan fingerprint density at radius 1 is 1.03 bits per heavy atom. The smallest absolute Gasteiger partial charge is 0.266 e. The van der Waals surface area contributed by atoms with Gasteiger partial charge in [-0.25, -0.2) is 19.3 Å². The zero-order valence-corrected chi connectivity index (χ0v) is 19.2. The van der Waals surface area contributed by atoms with Crippen molar-refractivity contribution in [1.82, 2.24) is 15.0 Å². The Hall–Kier alpha value is -3.59. The van der Waals surface area contributed by atoms with Crippen LogP contribution in [0.2, 0.25) is 0 Å². The number of fused-ring (bicyclic) bond motifs is 1. The van der Waals surface area contributed by atoms with Gasteiger partial charge in [-0.1, -0.05) is 12.1 Å². The number of carbonyl (C=O) groups excluding carboxylic acids is 1. The lowest BCUT2D eigenvalue weighted by molar-refractivity contribution is 0.103. The van der Waals surface area contributed by atoms with E-state index in [-0.39, 0.29) is 11.7 Å². The van der Waals surface area contributed by atoms with Crippen molar-refractivity contribution in [3.63, 3.8) is 0 Å². The van der Waals surface area contributed by atoms with Crippen molar-refractivity contribution >= 4 is 44.8 Å². The van der Waals surface area contributed by atoms with Crippen LogP contribution in [0.25, 0.3) is 10.2 Å². The molecule has 1 amide bonds. The monoisotopic (exact) mass is 462 g/mol. The van der Waals surface area contributed by atoms with Gasteiger partial charge in [-0.05, 0) is 49.2 Å². The number of aryl methyl sites for hydroxylation is 2. The summed E-state index contributed by atoms with van der Waals surface area (Å²) in [5, 5.41) is 3.75. The van der Waals surface area contributed by atoms with Gasteiger partial charge in [-0.3, -0.25) is 4.79 Å². The minimum Gasteiger partial charge on any atom is -0.353 e. The van der Waals surface area contributed by atoms with Gasteiger partial charge in [0, 0.05) is 38.1 Å². The van der Waals surface area contributed by atoms with Crippen LogP contribution < -0.4 is 15.1 Å². The molecular formula is C24H23FN6OS. The number of hydrogen-bond donors (Lipinski definition) is 1. The first-order valence-electron chi connectivity index (χ1n) is 10.7. The number of anilines is 3. The van der Waals surface area contributed by atoms with Crippen molar-refractivity contribution in [3.05, 3.63) is 70.7 Å². The summed E-state index contributed by atoms with van der Waals surface area (Å²) in [6.45, 7) is 7.00. The maximum atomic E-state index is 13.7. The van der Waals surface area contributed by atoms with Gasteiger partial charge in [0.05, 0.1) is 10.3 Å². The molecule has 4 aromatic rings. The van der Waals surface area contributed by atoms with Gasteiger partial charge in [0.25, 0.3) is 5.91 Å². The summed E-state index contributed by atoms with van der Waals surface area (Å²) in [6, 6.07) is 10.3. The van der Waals surface area contributed by atoms with Gasteiger partial charge in [-0.2, -0.15) is 0 Å². The zero-order chi connectivity index (χ0) is 22.9. The van der Waals surface area contributed by atoms with E-state index in [0.717, 1.165) is 59.2 Å². The number of thiophene rings is 1. The third kappa shape index (κ3) is 4.11. The number of nitrogens with zero attached hydrogens (tertiary/aromatic N) is 5. The molecule has 1 aromatic carbocycles. The highest BCUT2D eigenvalue weighted by atomic mass is 32.1. The maximum Gasteiger partial charge on any atom is 0.266 e. The van der Waals surface area contributed by atoms with Crippen molar-refractivity contribution in [2.24, 2.45) is 0 Å². The summed E-state index contributed by atoms with van der Waals surface area (Å²) in [4.78, 5) is 32.3. The molecule has 0 atom stereocenters. The summed E-state index contributed by atoms with van der Waals surface area (Å²) in [7, 11) is 0. The number of benzene rings is 1. The highest BCUT2D eigenvalue weighted by molar-refractivity contribution is 7.20. The van der Waals surface area contributed by atoms with Gasteiger partial charge in [-0.15, -0.1) is 11.3 Å². The molecule has 7 nitrogen and oxygen atoms in total. The normalized spacial score (nSPS) is 14.0. The molecule has 0 radical (unpaired) electrons. The molecule has 0 bridgehead atoms. The Kier molecular flexibility index (Phi) is 5.63. The number of rotatable bonds is 4. The molecule has 0 spiro atoms. The lowest BCUT2D eigenvalue weighted by Gasteiger charge is -2.36. The van der Waals surface area contributed by atoms with Crippen molar-refractivity contribution in [3.8, 4) is 0 Å². The number of amides is 1. The molecule has 5 rings (SSSR count). The molecular weight excluding hydrogens is 439 g/mol. The predicted molar refractivity (Wildman–Crippen MR) is 130 cm³/mol. The molecule has 0 unspecified atom stereocenters. The summed E-state index contributed by atoms with van der Waals surface area (Å²) in [5.74, 6) is 1.16. The van der Waals surface area contributed by atoms with E-state index >= 15 is 0 Å². The first-order chi connectivity index (χ1) is 16.0. The molecule has 0 saturated carbocycles. The average molecular weight is 463 g/mol. The standard InChI is InChI=1S/C24H23FN6OS/c1-15-6-7-17(25)13-18(15)29-23(32)21-16(2)20-22(27-14-28-24(20)33-21)31-11-9-30(10-12-31)19-5-3-4-8-26-19/h3-8,13-14H,9-12H2,1-2H3,(H,29,32). The molecule has 1 N–H and O–H groups in total. The summed E-state index contributed by atoms with van der Waals surface area (Å²) in [6.07, 6.45) is 3.36. The fourth-order valence-electron chi connectivity index (χ4n) is 4.11. The number of carbonyl (C=O) groups is 1. The first-order valence-corrected chi connectivity index (χ1v) is 11.6. The lowest BCUT2D eigenvalue weighted by atomic mass is 10.1. The van der Waals surface area contributed by atoms with Crippen molar-refractivity contribution in [2.45, 2.75) is 13.8 Å². The van der Waals surface area contributed by atoms with E-state index < -0.39 is 0 Å². The topological polar surface area (TPSA) is 74.2 Å². The van der Waals surface area contributed by atoms with E-state index in [2.05, 4.69) is 30.1 Å². The van der Waals surface area contributed by atoms with Gasteiger partial charge >= 0.3 is 0 Å². The zero-order valence-electron chi connectivity index (χ0n) is 18.4. The third-order valence-corrected chi connectivity index (χ3v) is 7.11. The second-order valence-electron chi connectivity index (χ2n) is 8.01. The molecule has 0 aliphatic carbocycles. The molecule has 4 heterocycles. The Bertz CT molecular complexity index is 1320. The molecule has 9 heteroatoms. The number of aromatic nitrogens is 3. The lowest BCUT2D eigenvalue weighted by Crippen LogP contribution is -2.47. The molecule has 168 valence electrons. The van der Waals surface area contributed by atoms with Crippen LogP contribution in [0.3, 0.4) is 0 Å². The Morgan fingerprint density at radius 2 is 1.82 bits per heavy atom. The number of piperazine rings is 1. The maximum absolute atomic E-state index is 13.7. The van der Waals surface area contributed by atoms with E-state index in [1.165, 1.54) is 23.5 Å². The van der Waals surface area contributed by atoms with Crippen LogP contribution in [0.5, 0.6) is 0 Å². The SMILES string of the molecule is Cc1ccc(F)cc1NC(=O)c1sc2ncnc(N3CCN(c4ccccn4)CC3)c2c1C. The van der Waals surface area contributed by atoms with Crippen LogP contribution in [0.15, 0.2) is 48.9 Å². The molecule has 1 saturated heterocycles. The Morgan fingerprint density at radius 3 is 2.58 bits per heavy atom. The van der Waals surface area contributed by atoms with Crippen LogP contribution in [-0.4, -0.2) is 47.0 Å². The minimum atomic E-state index is -0.387. The molecule has 3 aromatic heterocycles. The van der Waals surface area contributed by atoms with E-state index in [1.807, 2.05) is 38.2 Å². The number of halogens is 1. The first kappa shape index (κ1) is 21.3. The molecule has 1 aliphatic rings. The Balaban J connectivity index is 1.40. The van der Waals surface area contributed by atoms with Crippen LogP contribution in [-0.2, 0) is 0 Å². The van der Waals surface area contributed by atoms with Gasteiger partial charge in [0.1, 0.15) is 28.6 Å². The second kappa shape index (κ2) is 8.74. The van der Waals surface area contributed by atoms with Crippen molar-refractivity contribution in [1.29, 1.82) is 0 Å². The van der Waals surface area contributed by atoms with Crippen molar-refractivity contribution in [2.75, 3.05) is 41.3 Å². The van der Waals surface area contributed by atoms with Crippen LogP contribution in [0.4, 0.5) is 21.7 Å². The summed E-state index contributed by atoms with van der Waals surface area (Å²) in [5.41, 5.74) is 2.10. The van der Waals surface area contributed by atoms with E-state index in [9.17, 15) is 9.18 Å². The highest BCUT2D eigenvalue weighted by Gasteiger charge is 2.25. The number of pyridine rings is 1. The molecule has 1 fully saturated rings. The fourth-order valence-corrected chi connectivity index (χ4v) is 5.14.